The quantitative estimate of drug-likeness (QED) is 0.349. The summed E-state index contributed by atoms with van der Waals surface area (Å²) in [6, 6.07) is 12.5. The van der Waals surface area contributed by atoms with Crippen LogP contribution in [0, 0.1) is 18.3 Å². The summed E-state index contributed by atoms with van der Waals surface area (Å²) in [7, 11) is 1.62. The number of likely N-dealkylation sites (N-methyl/N-ethyl adjacent to an activating group) is 1. The molecule has 0 radical (unpaired) electrons. The molecule has 1 aliphatic rings. The Morgan fingerprint density at radius 2 is 2.11 bits per heavy atom. The summed E-state index contributed by atoms with van der Waals surface area (Å²) in [6.07, 6.45) is 1.68. The molecule has 1 saturated heterocycles. The van der Waals surface area contributed by atoms with Crippen LogP contribution in [0.15, 0.2) is 47.1 Å². The van der Waals surface area contributed by atoms with Crippen molar-refractivity contribution in [2.45, 2.75) is 18.9 Å². The molecule has 186 valence electrons. The number of nitriles is 1. The van der Waals surface area contributed by atoms with Crippen molar-refractivity contribution in [3.8, 4) is 27.9 Å². The molecule has 5 rings (SSSR count). The summed E-state index contributed by atoms with van der Waals surface area (Å²) in [6.45, 7) is 2.19. The highest BCUT2D eigenvalue weighted by Gasteiger charge is 2.48. The normalized spacial score (nSPS) is 17.1. The maximum atomic E-state index is 12.4. The summed E-state index contributed by atoms with van der Waals surface area (Å²) in [4.78, 5) is 34.6. The predicted molar refractivity (Wildman–Crippen MR) is 135 cm³/mol. The number of anilines is 2. The van der Waals surface area contributed by atoms with Crippen LogP contribution in [-0.4, -0.2) is 50.5 Å². The van der Waals surface area contributed by atoms with Crippen molar-refractivity contribution in [1.82, 2.24) is 20.0 Å². The van der Waals surface area contributed by atoms with Crippen molar-refractivity contribution in [3.63, 3.8) is 0 Å². The minimum atomic E-state index is -1.74. The van der Waals surface area contributed by atoms with Gasteiger partial charge in [-0.1, -0.05) is 34.7 Å². The lowest BCUT2D eigenvalue weighted by atomic mass is 9.98. The molecule has 4 aromatic rings. The van der Waals surface area contributed by atoms with Crippen LogP contribution >= 0.6 is 11.3 Å². The fourth-order valence-electron chi connectivity index (χ4n) is 4.04. The zero-order valence-corrected chi connectivity index (χ0v) is 20.7. The zero-order chi connectivity index (χ0) is 26.3. The van der Waals surface area contributed by atoms with Gasteiger partial charge in [-0.15, -0.1) is 0 Å². The topological polar surface area (TPSA) is 171 Å². The molecule has 0 spiro atoms. The van der Waals surface area contributed by atoms with Crippen LogP contribution < -0.4 is 11.1 Å². The van der Waals surface area contributed by atoms with E-state index in [2.05, 4.69) is 20.4 Å². The Labute approximate surface area is 215 Å². The molecule has 37 heavy (non-hydrogen) atoms. The molecule has 1 atom stereocenters. The van der Waals surface area contributed by atoms with E-state index in [1.54, 1.807) is 32.2 Å². The fraction of sp³-hybridized carbons (Fsp3) is 0.200. The molecule has 0 aliphatic carbocycles. The van der Waals surface area contributed by atoms with Gasteiger partial charge in [0.2, 0.25) is 5.60 Å². The van der Waals surface area contributed by atoms with E-state index < -0.39 is 17.4 Å². The first-order valence-corrected chi connectivity index (χ1v) is 12.0. The number of likely N-dealkylation sites (tertiary alicyclic amines) is 1. The summed E-state index contributed by atoms with van der Waals surface area (Å²) < 4.78 is 5.36. The maximum Gasteiger partial charge on any atom is 0.270 e. The molecule has 3 aromatic heterocycles. The summed E-state index contributed by atoms with van der Waals surface area (Å²) in [5.41, 5.74) is 7.28. The molecule has 0 unspecified atom stereocenters. The van der Waals surface area contributed by atoms with Gasteiger partial charge in [0, 0.05) is 43.4 Å². The molecule has 2 amide bonds. The second-order valence-electron chi connectivity index (χ2n) is 8.65. The van der Waals surface area contributed by atoms with Crippen LogP contribution in [0.5, 0.6) is 0 Å². The number of aliphatic hydroxyl groups is 1. The predicted octanol–water partition coefficient (Wildman–Crippen LogP) is 2.93. The molecule has 11 nitrogen and oxygen atoms in total. The number of rotatable bonds is 6. The number of carbonyl (C=O) groups is 2. The number of nitrogens with one attached hydrogen (secondary N) is 1. The number of nitrogens with two attached hydrogens (primary N) is 1. The van der Waals surface area contributed by atoms with Crippen molar-refractivity contribution in [1.29, 1.82) is 5.26 Å². The lowest BCUT2D eigenvalue weighted by Crippen LogP contribution is -2.35. The number of hydrogen-bond acceptors (Lipinski definition) is 10. The van der Waals surface area contributed by atoms with Crippen molar-refractivity contribution in [2.75, 3.05) is 18.9 Å². The molecule has 1 aliphatic heterocycles. The smallest absolute Gasteiger partial charge is 0.270 e. The largest absolute Gasteiger partial charge is 0.373 e. The monoisotopic (exact) mass is 515 g/mol. The second-order valence-corrected chi connectivity index (χ2v) is 9.65. The van der Waals surface area contributed by atoms with Gasteiger partial charge < -0.3 is 25.6 Å². The Morgan fingerprint density at radius 3 is 2.81 bits per heavy atom. The molecule has 12 heteroatoms. The number of aryl methyl sites for hydroxylation is 1. The van der Waals surface area contributed by atoms with Crippen LogP contribution in [0.25, 0.3) is 21.8 Å². The number of carbonyl (C=O) groups excluding carboxylic acids is 2. The van der Waals surface area contributed by atoms with Gasteiger partial charge in [0.1, 0.15) is 21.8 Å². The average Bonchev–Trinajstić information content (AvgIpc) is 3.62. The number of nitrogens with zero attached hydrogens (tertiary/aromatic N) is 5. The lowest BCUT2D eigenvalue weighted by Gasteiger charge is -2.16. The third-order valence-electron chi connectivity index (χ3n) is 6.16. The molecular weight excluding hydrogens is 494 g/mol. The number of amides is 2. The van der Waals surface area contributed by atoms with Gasteiger partial charge in [0.25, 0.3) is 11.8 Å². The molecule has 0 saturated carbocycles. The highest BCUT2D eigenvalue weighted by molar-refractivity contribution is 7.19. The first kappa shape index (κ1) is 24.1. The van der Waals surface area contributed by atoms with E-state index in [1.807, 2.05) is 24.3 Å². The number of thiazole rings is 1. The zero-order valence-electron chi connectivity index (χ0n) is 19.8. The van der Waals surface area contributed by atoms with Gasteiger partial charge >= 0.3 is 0 Å². The maximum absolute atomic E-state index is 12.4. The number of benzene rings is 1. The minimum Gasteiger partial charge on any atom is -0.373 e. The highest BCUT2D eigenvalue weighted by atomic mass is 32.1. The first-order chi connectivity index (χ1) is 17.7. The molecule has 1 aromatic carbocycles. The molecule has 1 fully saturated rings. The van der Waals surface area contributed by atoms with E-state index in [0.29, 0.717) is 50.3 Å². The van der Waals surface area contributed by atoms with Crippen molar-refractivity contribution < 1.29 is 19.2 Å². The van der Waals surface area contributed by atoms with E-state index in [0.717, 1.165) is 0 Å². The molecule has 0 bridgehead atoms. The van der Waals surface area contributed by atoms with Gasteiger partial charge in [-0.2, -0.15) is 5.26 Å². The Balaban J connectivity index is 1.47. The Morgan fingerprint density at radius 1 is 1.32 bits per heavy atom. The second kappa shape index (κ2) is 9.12. The average molecular weight is 516 g/mol. The lowest BCUT2D eigenvalue weighted by molar-refractivity contribution is -0.144. The Hall–Kier alpha value is -4.60. The number of hydrogen-bond donors (Lipinski definition) is 3. The first-order valence-electron chi connectivity index (χ1n) is 11.2. The van der Waals surface area contributed by atoms with Crippen LogP contribution in [0.1, 0.15) is 33.9 Å². The van der Waals surface area contributed by atoms with Crippen LogP contribution in [0.4, 0.5) is 10.7 Å². The third kappa shape index (κ3) is 4.31. The number of primary amides is 1. The summed E-state index contributed by atoms with van der Waals surface area (Å²) in [5, 5.41) is 28.2. The van der Waals surface area contributed by atoms with Crippen molar-refractivity contribution in [2.24, 2.45) is 5.73 Å². The van der Waals surface area contributed by atoms with Crippen molar-refractivity contribution >= 4 is 33.8 Å². The summed E-state index contributed by atoms with van der Waals surface area (Å²) >= 11 is 1.22. The Bertz CT molecular complexity index is 1590. The van der Waals surface area contributed by atoms with E-state index in [1.165, 1.54) is 22.4 Å². The molecule has 4 N–H and O–H groups in total. The van der Waals surface area contributed by atoms with E-state index in [4.69, 9.17) is 10.3 Å². The van der Waals surface area contributed by atoms with Gasteiger partial charge in [0.05, 0.1) is 16.9 Å². The highest BCUT2D eigenvalue weighted by Crippen LogP contribution is 2.38. The minimum absolute atomic E-state index is 0.0574. The SMILES string of the molecule is Cc1ncc(C#N)cc1Nc1sc(-c2cccc(-c3cc([C@]4(O)CCN(C)C4=O)on3)c2)nc1C(N)=O. The van der Waals surface area contributed by atoms with Crippen LogP contribution in [0.2, 0.25) is 0 Å². The van der Waals surface area contributed by atoms with Crippen molar-refractivity contribution in [3.05, 3.63) is 65.3 Å². The van der Waals surface area contributed by atoms with E-state index in [9.17, 15) is 20.0 Å². The molecule has 4 heterocycles. The standard InChI is InChI=1S/C25H21N7O4S/c1-13-17(8-14(11-26)12-28-13)29-23-20(21(27)33)30-22(37-23)16-5-3-4-15(9-16)18-10-19(36-31-18)25(35)6-7-32(2)24(25)34/h3-5,8-10,12,29,35H,6-7H2,1-2H3,(H2,27,33)/t25-/m1/s1. The van der Waals surface area contributed by atoms with Gasteiger partial charge in [-0.3, -0.25) is 14.6 Å². The molecular formula is C25H21N7O4S. The van der Waals surface area contributed by atoms with Crippen LogP contribution in [0.3, 0.4) is 0 Å². The Kier molecular flexibility index (Phi) is 5.94. The van der Waals surface area contributed by atoms with E-state index in [-0.39, 0.29) is 17.9 Å². The van der Waals surface area contributed by atoms with E-state index >= 15 is 0 Å². The third-order valence-corrected chi connectivity index (χ3v) is 7.18. The van der Waals surface area contributed by atoms with Gasteiger partial charge in [0.15, 0.2) is 11.5 Å². The van der Waals surface area contributed by atoms with Crippen LogP contribution in [-0.2, 0) is 10.4 Å². The fourth-order valence-corrected chi connectivity index (χ4v) is 5.02. The number of aromatic nitrogens is 3. The van der Waals surface area contributed by atoms with Gasteiger partial charge in [-0.25, -0.2) is 4.98 Å². The summed E-state index contributed by atoms with van der Waals surface area (Å²) in [5.74, 6) is -1.05. The number of pyridine rings is 1. The van der Waals surface area contributed by atoms with Gasteiger partial charge in [-0.05, 0) is 19.1 Å².